The summed E-state index contributed by atoms with van der Waals surface area (Å²) in [5.74, 6) is 0.602. The summed E-state index contributed by atoms with van der Waals surface area (Å²) in [7, 11) is 1.61. The summed E-state index contributed by atoms with van der Waals surface area (Å²) in [6.45, 7) is 2.75. The van der Waals surface area contributed by atoms with Gasteiger partial charge < -0.3 is 15.4 Å². The Morgan fingerprint density at radius 3 is 2.65 bits per heavy atom. The second-order valence-electron chi connectivity index (χ2n) is 6.10. The maximum absolute atomic E-state index is 13.1. The highest BCUT2D eigenvalue weighted by Crippen LogP contribution is 2.26. The standard InChI is InChI=1S/C21H22N2O2S/c1-15-10-11-19(25-2)18(13-15)23-21(24)20(16-7-4-3-5-8-16)22-14-17-9-6-12-26-17/h3-13,20,22H,14H2,1-2H3,(H,23,24)/p+1/t20-/m1/s1. The number of carbonyl (C=O) groups is 1. The number of hydrogen-bond acceptors (Lipinski definition) is 3. The average Bonchev–Trinajstić information content (AvgIpc) is 3.16. The van der Waals surface area contributed by atoms with Crippen LogP contribution in [0.3, 0.4) is 0 Å². The molecule has 0 aliphatic rings. The fraction of sp³-hybridized carbons (Fsp3) is 0.190. The highest BCUT2D eigenvalue weighted by molar-refractivity contribution is 7.09. The van der Waals surface area contributed by atoms with Gasteiger partial charge in [-0.1, -0.05) is 42.5 Å². The molecule has 0 fully saturated rings. The predicted octanol–water partition coefficient (Wildman–Crippen LogP) is 3.51. The first-order valence-corrected chi connectivity index (χ1v) is 9.41. The summed E-state index contributed by atoms with van der Waals surface area (Å²) in [5, 5.41) is 7.16. The zero-order chi connectivity index (χ0) is 18.4. The first kappa shape index (κ1) is 18.2. The Morgan fingerprint density at radius 1 is 1.15 bits per heavy atom. The van der Waals surface area contributed by atoms with E-state index in [0.29, 0.717) is 11.4 Å². The van der Waals surface area contributed by atoms with Gasteiger partial charge in [0, 0.05) is 5.56 Å². The van der Waals surface area contributed by atoms with Crippen molar-refractivity contribution >= 4 is 22.9 Å². The van der Waals surface area contributed by atoms with Crippen LogP contribution >= 0.6 is 11.3 Å². The zero-order valence-electron chi connectivity index (χ0n) is 14.9. The number of ether oxygens (including phenoxy) is 1. The molecule has 0 spiro atoms. The summed E-state index contributed by atoms with van der Waals surface area (Å²) in [6, 6.07) is 19.4. The number of carbonyl (C=O) groups excluding carboxylic acids is 1. The molecular formula is C21H23N2O2S+. The lowest BCUT2D eigenvalue weighted by atomic mass is 10.1. The quantitative estimate of drug-likeness (QED) is 0.671. The zero-order valence-corrected chi connectivity index (χ0v) is 15.8. The molecule has 2 aromatic carbocycles. The number of thiophene rings is 1. The molecule has 0 aliphatic heterocycles. The topological polar surface area (TPSA) is 54.9 Å². The summed E-state index contributed by atoms with van der Waals surface area (Å²) >= 11 is 1.70. The van der Waals surface area contributed by atoms with Crippen LogP contribution in [0.2, 0.25) is 0 Å². The van der Waals surface area contributed by atoms with Gasteiger partial charge in [0.05, 0.1) is 17.7 Å². The smallest absolute Gasteiger partial charge is 0.287 e. The van der Waals surface area contributed by atoms with E-state index >= 15 is 0 Å². The fourth-order valence-corrected chi connectivity index (χ4v) is 3.53. The van der Waals surface area contributed by atoms with Crippen LogP contribution in [0.25, 0.3) is 0 Å². The van der Waals surface area contributed by atoms with Crippen molar-refractivity contribution < 1.29 is 14.8 Å². The summed E-state index contributed by atoms with van der Waals surface area (Å²) in [5.41, 5.74) is 2.75. The van der Waals surface area contributed by atoms with Crippen LogP contribution in [0.5, 0.6) is 5.75 Å². The van der Waals surface area contributed by atoms with E-state index in [1.54, 1.807) is 18.4 Å². The molecule has 0 unspecified atom stereocenters. The summed E-state index contributed by atoms with van der Waals surface area (Å²) in [4.78, 5) is 14.3. The number of nitrogens with one attached hydrogen (secondary N) is 1. The average molecular weight is 367 g/mol. The third kappa shape index (κ3) is 4.50. The molecule has 5 heteroatoms. The predicted molar refractivity (Wildman–Crippen MR) is 105 cm³/mol. The lowest BCUT2D eigenvalue weighted by Crippen LogP contribution is -2.85. The van der Waals surface area contributed by atoms with Crippen LogP contribution in [0.4, 0.5) is 5.69 Å². The Labute approximate surface area is 157 Å². The van der Waals surface area contributed by atoms with Crippen LogP contribution in [0.1, 0.15) is 22.0 Å². The molecule has 3 aromatic rings. The number of benzene rings is 2. The van der Waals surface area contributed by atoms with Crippen molar-refractivity contribution in [2.45, 2.75) is 19.5 Å². The van der Waals surface area contributed by atoms with E-state index in [-0.39, 0.29) is 11.9 Å². The number of nitrogens with two attached hydrogens (primary N) is 1. The minimum absolute atomic E-state index is 0.0587. The Hall–Kier alpha value is -2.63. The lowest BCUT2D eigenvalue weighted by Gasteiger charge is -2.17. The number of anilines is 1. The van der Waals surface area contributed by atoms with Crippen LogP contribution in [0, 0.1) is 6.92 Å². The Morgan fingerprint density at radius 2 is 1.96 bits per heavy atom. The summed E-state index contributed by atoms with van der Waals surface area (Å²) in [6.07, 6.45) is 0. The highest BCUT2D eigenvalue weighted by Gasteiger charge is 2.25. The minimum atomic E-state index is -0.330. The van der Waals surface area contributed by atoms with E-state index in [1.165, 1.54) is 4.88 Å². The number of rotatable bonds is 7. The van der Waals surface area contributed by atoms with Crippen molar-refractivity contribution in [3.63, 3.8) is 0 Å². The second kappa shape index (κ2) is 8.65. The van der Waals surface area contributed by atoms with Crippen molar-refractivity contribution in [2.24, 2.45) is 0 Å². The molecule has 3 rings (SSSR count). The van der Waals surface area contributed by atoms with Crippen molar-refractivity contribution in [3.05, 3.63) is 82.0 Å². The number of methoxy groups -OCH3 is 1. The van der Waals surface area contributed by atoms with Gasteiger partial charge in [-0.3, -0.25) is 4.79 Å². The SMILES string of the molecule is COc1ccc(C)cc1NC(=O)[C@H]([NH2+]Cc1cccs1)c1ccccc1. The molecule has 3 N–H and O–H groups in total. The lowest BCUT2D eigenvalue weighted by molar-refractivity contribution is -0.697. The number of quaternary nitrogens is 1. The maximum Gasteiger partial charge on any atom is 0.287 e. The van der Waals surface area contributed by atoms with Crippen LogP contribution < -0.4 is 15.4 Å². The molecule has 0 aliphatic carbocycles. The van der Waals surface area contributed by atoms with Crippen molar-refractivity contribution in [3.8, 4) is 5.75 Å². The van der Waals surface area contributed by atoms with Gasteiger partial charge in [0.1, 0.15) is 12.3 Å². The number of aryl methyl sites for hydroxylation is 1. The van der Waals surface area contributed by atoms with Gasteiger partial charge in [-0.2, -0.15) is 0 Å². The molecule has 26 heavy (non-hydrogen) atoms. The molecule has 1 atom stereocenters. The van der Waals surface area contributed by atoms with E-state index in [2.05, 4.69) is 22.1 Å². The maximum atomic E-state index is 13.1. The second-order valence-corrected chi connectivity index (χ2v) is 7.13. The van der Waals surface area contributed by atoms with Gasteiger partial charge in [0.25, 0.3) is 5.91 Å². The minimum Gasteiger partial charge on any atom is -0.495 e. The molecule has 1 amide bonds. The van der Waals surface area contributed by atoms with E-state index in [1.807, 2.05) is 61.5 Å². The van der Waals surface area contributed by atoms with Gasteiger partial charge in [-0.15, -0.1) is 11.3 Å². The van der Waals surface area contributed by atoms with Crippen LogP contribution in [-0.4, -0.2) is 13.0 Å². The van der Waals surface area contributed by atoms with Gasteiger partial charge in [0.2, 0.25) is 0 Å². The Balaban J connectivity index is 1.81. The van der Waals surface area contributed by atoms with E-state index in [4.69, 9.17) is 4.74 Å². The first-order valence-electron chi connectivity index (χ1n) is 8.53. The molecule has 0 bridgehead atoms. The largest absolute Gasteiger partial charge is 0.495 e. The number of amides is 1. The van der Waals surface area contributed by atoms with Gasteiger partial charge in [-0.25, -0.2) is 0 Å². The highest BCUT2D eigenvalue weighted by atomic mass is 32.1. The summed E-state index contributed by atoms with van der Waals surface area (Å²) < 4.78 is 5.38. The number of hydrogen-bond donors (Lipinski definition) is 2. The molecule has 1 aromatic heterocycles. The van der Waals surface area contributed by atoms with E-state index in [0.717, 1.165) is 17.7 Å². The van der Waals surface area contributed by atoms with E-state index in [9.17, 15) is 4.79 Å². The third-order valence-electron chi connectivity index (χ3n) is 4.19. The normalized spacial score (nSPS) is 11.8. The molecule has 0 saturated carbocycles. The van der Waals surface area contributed by atoms with Gasteiger partial charge >= 0.3 is 0 Å². The van der Waals surface area contributed by atoms with Crippen LogP contribution in [0.15, 0.2) is 66.0 Å². The monoisotopic (exact) mass is 367 g/mol. The molecule has 0 radical (unpaired) electrons. The van der Waals surface area contributed by atoms with E-state index < -0.39 is 0 Å². The Kier molecular flexibility index (Phi) is 6.04. The Bertz CT molecular complexity index is 848. The third-order valence-corrected chi connectivity index (χ3v) is 5.09. The fourth-order valence-electron chi connectivity index (χ4n) is 2.85. The van der Waals surface area contributed by atoms with Crippen molar-refractivity contribution in [1.29, 1.82) is 0 Å². The van der Waals surface area contributed by atoms with Gasteiger partial charge in [0.15, 0.2) is 6.04 Å². The molecule has 0 saturated heterocycles. The van der Waals surface area contributed by atoms with Crippen LogP contribution in [-0.2, 0) is 11.3 Å². The molecule has 1 heterocycles. The molecule has 4 nitrogen and oxygen atoms in total. The first-order chi connectivity index (χ1) is 12.7. The van der Waals surface area contributed by atoms with Crippen molar-refractivity contribution in [1.82, 2.24) is 0 Å². The van der Waals surface area contributed by atoms with Crippen molar-refractivity contribution in [2.75, 3.05) is 12.4 Å². The molecule has 134 valence electrons. The molecular weight excluding hydrogens is 344 g/mol. The van der Waals surface area contributed by atoms with Gasteiger partial charge in [-0.05, 0) is 36.1 Å².